The summed E-state index contributed by atoms with van der Waals surface area (Å²) in [6, 6.07) is 0.320. The molecule has 6 heteroatoms. The van der Waals surface area contributed by atoms with Gasteiger partial charge in [-0.3, -0.25) is 14.6 Å². The second-order valence-electron chi connectivity index (χ2n) is 6.98. The predicted octanol–water partition coefficient (Wildman–Crippen LogP) is 2.09. The molecular formula is C18H26N4O2. The van der Waals surface area contributed by atoms with Crippen LogP contribution in [0.3, 0.4) is 0 Å². The molecule has 0 spiro atoms. The fourth-order valence-electron chi connectivity index (χ4n) is 3.61. The first-order valence-electron chi connectivity index (χ1n) is 9.02. The second-order valence-corrected chi connectivity index (χ2v) is 6.98. The van der Waals surface area contributed by atoms with E-state index in [0.717, 1.165) is 31.4 Å². The number of amides is 2. The van der Waals surface area contributed by atoms with Gasteiger partial charge in [0.25, 0.3) is 5.91 Å². The zero-order valence-electron chi connectivity index (χ0n) is 14.3. The molecule has 2 heterocycles. The molecule has 3 rings (SSSR count). The molecule has 1 aromatic heterocycles. The number of nitrogens with one attached hydrogen (secondary N) is 1. The molecule has 0 unspecified atom stereocenters. The number of nitrogens with zero attached hydrogens (tertiary/aromatic N) is 3. The summed E-state index contributed by atoms with van der Waals surface area (Å²) in [7, 11) is 0. The zero-order valence-corrected chi connectivity index (χ0v) is 14.3. The molecule has 6 nitrogen and oxygen atoms in total. The van der Waals surface area contributed by atoms with Crippen molar-refractivity contribution in [2.75, 3.05) is 13.1 Å². The highest BCUT2D eigenvalue weighted by molar-refractivity contribution is 5.92. The minimum atomic E-state index is -0.127. The van der Waals surface area contributed by atoms with E-state index >= 15 is 0 Å². The SMILES string of the molecule is Cc1cnc(C(=O)N2CCC[C@@H](C(=O)NC3CCCCC3)C2)cn1. The molecule has 130 valence electrons. The molecule has 1 aliphatic carbocycles. The number of aromatic nitrogens is 2. The zero-order chi connectivity index (χ0) is 16.9. The molecule has 1 aromatic rings. The maximum absolute atomic E-state index is 12.6. The summed E-state index contributed by atoms with van der Waals surface area (Å²) in [5.41, 5.74) is 1.14. The number of hydrogen-bond donors (Lipinski definition) is 1. The topological polar surface area (TPSA) is 75.2 Å². The number of piperidine rings is 1. The van der Waals surface area contributed by atoms with Gasteiger partial charge in [0.05, 0.1) is 17.8 Å². The molecule has 1 aliphatic heterocycles. The molecule has 1 saturated heterocycles. The molecule has 0 aromatic carbocycles. The van der Waals surface area contributed by atoms with Crippen LogP contribution in [0.4, 0.5) is 0 Å². The van der Waals surface area contributed by atoms with Gasteiger partial charge in [-0.2, -0.15) is 0 Å². The summed E-state index contributed by atoms with van der Waals surface area (Å²) in [6.45, 7) is 3.00. The van der Waals surface area contributed by atoms with Gasteiger partial charge in [0.1, 0.15) is 5.69 Å². The number of rotatable bonds is 3. The van der Waals surface area contributed by atoms with Crippen LogP contribution in [0.2, 0.25) is 0 Å². The molecular weight excluding hydrogens is 304 g/mol. The Labute approximate surface area is 143 Å². The Bertz CT molecular complexity index is 581. The van der Waals surface area contributed by atoms with E-state index in [1.165, 1.54) is 25.5 Å². The first-order valence-corrected chi connectivity index (χ1v) is 9.02. The Balaban J connectivity index is 1.58. The van der Waals surface area contributed by atoms with Crippen LogP contribution in [0.1, 0.15) is 61.1 Å². The lowest BCUT2D eigenvalue weighted by atomic mass is 9.93. The van der Waals surface area contributed by atoms with Gasteiger partial charge >= 0.3 is 0 Å². The smallest absolute Gasteiger partial charge is 0.274 e. The Hall–Kier alpha value is -1.98. The minimum Gasteiger partial charge on any atom is -0.353 e. The van der Waals surface area contributed by atoms with Crippen molar-refractivity contribution in [2.24, 2.45) is 5.92 Å². The fourth-order valence-corrected chi connectivity index (χ4v) is 3.61. The van der Waals surface area contributed by atoms with E-state index in [-0.39, 0.29) is 17.7 Å². The van der Waals surface area contributed by atoms with Crippen LogP contribution in [-0.4, -0.2) is 45.8 Å². The molecule has 2 fully saturated rings. The van der Waals surface area contributed by atoms with Gasteiger partial charge in [-0.25, -0.2) is 4.98 Å². The highest BCUT2D eigenvalue weighted by Crippen LogP contribution is 2.21. The first-order chi connectivity index (χ1) is 11.6. The van der Waals surface area contributed by atoms with Crippen LogP contribution < -0.4 is 5.32 Å². The summed E-state index contributed by atoms with van der Waals surface area (Å²) >= 11 is 0. The molecule has 1 N–H and O–H groups in total. The van der Waals surface area contributed by atoms with Crippen molar-refractivity contribution in [3.8, 4) is 0 Å². The van der Waals surface area contributed by atoms with Crippen LogP contribution in [0.5, 0.6) is 0 Å². The Morgan fingerprint density at radius 2 is 1.88 bits per heavy atom. The second kappa shape index (κ2) is 7.73. The van der Waals surface area contributed by atoms with Gasteiger partial charge in [0.2, 0.25) is 5.91 Å². The average molecular weight is 330 g/mol. The molecule has 2 aliphatic rings. The van der Waals surface area contributed by atoms with E-state index in [0.29, 0.717) is 24.8 Å². The van der Waals surface area contributed by atoms with Crippen LogP contribution in [-0.2, 0) is 4.79 Å². The van der Waals surface area contributed by atoms with Crippen molar-refractivity contribution >= 4 is 11.8 Å². The quantitative estimate of drug-likeness (QED) is 0.921. The Kier molecular flexibility index (Phi) is 5.43. The number of likely N-dealkylation sites (tertiary alicyclic amines) is 1. The van der Waals surface area contributed by atoms with Gasteiger partial charge in [0, 0.05) is 25.3 Å². The van der Waals surface area contributed by atoms with E-state index in [4.69, 9.17) is 0 Å². The molecule has 24 heavy (non-hydrogen) atoms. The van der Waals surface area contributed by atoms with E-state index in [1.807, 2.05) is 6.92 Å². The van der Waals surface area contributed by atoms with Crippen molar-refractivity contribution in [1.29, 1.82) is 0 Å². The van der Waals surface area contributed by atoms with E-state index in [2.05, 4.69) is 15.3 Å². The van der Waals surface area contributed by atoms with E-state index in [9.17, 15) is 9.59 Å². The molecule has 2 amide bonds. The Morgan fingerprint density at radius 3 is 2.58 bits per heavy atom. The highest BCUT2D eigenvalue weighted by atomic mass is 16.2. The van der Waals surface area contributed by atoms with Gasteiger partial charge in [-0.1, -0.05) is 19.3 Å². The van der Waals surface area contributed by atoms with E-state index < -0.39 is 0 Å². The molecule has 1 atom stereocenters. The van der Waals surface area contributed by atoms with Crippen molar-refractivity contribution < 1.29 is 9.59 Å². The lowest BCUT2D eigenvalue weighted by Gasteiger charge is -2.33. The van der Waals surface area contributed by atoms with Gasteiger partial charge in [0.15, 0.2) is 0 Å². The third-order valence-electron chi connectivity index (χ3n) is 5.03. The fraction of sp³-hybridized carbons (Fsp3) is 0.667. The monoisotopic (exact) mass is 330 g/mol. The molecule has 0 radical (unpaired) electrons. The van der Waals surface area contributed by atoms with Gasteiger partial charge < -0.3 is 10.2 Å². The third-order valence-corrected chi connectivity index (χ3v) is 5.03. The number of carbonyl (C=O) groups excluding carboxylic acids is 2. The maximum Gasteiger partial charge on any atom is 0.274 e. The first kappa shape index (κ1) is 16.9. The normalized spacial score (nSPS) is 22.2. The molecule has 1 saturated carbocycles. The average Bonchev–Trinajstić information content (AvgIpc) is 2.63. The van der Waals surface area contributed by atoms with Gasteiger partial charge in [-0.05, 0) is 32.6 Å². The van der Waals surface area contributed by atoms with Crippen molar-refractivity contribution in [3.05, 3.63) is 23.8 Å². The van der Waals surface area contributed by atoms with E-state index in [1.54, 1.807) is 11.1 Å². The lowest BCUT2D eigenvalue weighted by Crippen LogP contribution is -2.48. The van der Waals surface area contributed by atoms with Crippen molar-refractivity contribution in [3.63, 3.8) is 0 Å². The van der Waals surface area contributed by atoms with Crippen molar-refractivity contribution in [1.82, 2.24) is 20.2 Å². The predicted molar refractivity (Wildman–Crippen MR) is 90.4 cm³/mol. The minimum absolute atomic E-state index is 0.106. The number of hydrogen-bond acceptors (Lipinski definition) is 4. The molecule has 0 bridgehead atoms. The van der Waals surface area contributed by atoms with Crippen LogP contribution in [0, 0.1) is 12.8 Å². The standard InChI is InChI=1S/C18H26N4O2/c1-13-10-20-16(11-19-13)18(24)22-9-5-6-14(12-22)17(23)21-15-7-3-2-4-8-15/h10-11,14-15H,2-9,12H2,1H3,(H,21,23)/t14-/m1/s1. The summed E-state index contributed by atoms with van der Waals surface area (Å²) in [5.74, 6) is -0.130. The van der Waals surface area contributed by atoms with Crippen molar-refractivity contribution in [2.45, 2.75) is 57.9 Å². The Morgan fingerprint density at radius 1 is 1.08 bits per heavy atom. The summed E-state index contributed by atoms with van der Waals surface area (Å²) in [6.07, 6.45) is 10.7. The number of carbonyl (C=O) groups is 2. The third kappa shape index (κ3) is 4.10. The largest absolute Gasteiger partial charge is 0.353 e. The van der Waals surface area contributed by atoms with Crippen LogP contribution in [0.15, 0.2) is 12.4 Å². The lowest BCUT2D eigenvalue weighted by molar-refractivity contribution is -0.127. The van der Waals surface area contributed by atoms with Gasteiger partial charge in [-0.15, -0.1) is 0 Å². The number of aryl methyl sites for hydroxylation is 1. The summed E-state index contributed by atoms with van der Waals surface area (Å²) in [4.78, 5) is 35.1. The summed E-state index contributed by atoms with van der Waals surface area (Å²) < 4.78 is 0. The highest BCUT2D eigenvalue weighted by Gasteiger charge is 2.30. The van der Waals surface area contributed by atoms with Crippen LogP contribution in [0.25, 0.3) is 0 Å². The maximum atomic E-state index is 12.6. The summed E-state index contributed by atoms with van der Waals surface area (Å²) in [5, 5.41) is 3.19. The van der Waals surface area contributed by atoms with Crippen LogP contribution >= 0.6 is 0 Å².